The number of rotatable bonds is 2. The van der Waals surface area contributed by atoms with Gasteiger partial charge < -0.3 is 0 Å². The molecule has 0 aromatic carbocycles. The summed E-state index contributed by atoms with van der Waals surface area (Å²) in [6, 6.07) is 0. The molecule has 1 aliphatic carbocycles. The SMILES string of the molecule is CC1=C(C)C(=O)N(C)C1=O.CCN1C(=O)C(C)=C(C)C1=O.CCN1C(=O)C2(C)C3(C)C(=O)N(C)C(=O)C3(C)C2(C)C1=O. The molecular weight excluding hydrogens is 544 g/mol. The van der Waals surface area contributed by atoms with Crippen molar-refractivity contribution in [2.45, 2.75) is 69.2 Å². The second-order valence-corrected chi connectivity index (χ2v) is 12.0. The minimum atomic E-state index is -1.17. The first-order chi connectivity index (χ1) is 19.1. The highest BCUT2D eigenvalue weighted by atomic mass is 16.2. The van der Waals surface area contributed by atoms with Crippen molar-refractivity contribution >= 4 is 47.3 Å². The number of likely N-dealkylation sites (tertiary alicyclic amines) is 2. The van der Waals surface area contributed by atoms with Gasteiger partial charge in [-0.15, -0.1) is 0 Å². The van der Waals surface area contributed by atoms with E-state index in [1.807, 2.05) is 0 Å². The van der Waals surface area contributed by atoms with Crippen molar-refractivity contribution in [3.63, 3.8) is 0 Å². The Morgan fingerprint density at radius 3 is 0.905 bits per heavy atom. The van der Waals surface area contributed by atoms with Crippen LogP contribution in [0.25, 0.3) is 0 Å². The fourth-order valence-corrected chi connectivity index (χ4v) is 7.35. The summed E-state index contributed by atoms with van der Waals surface area (Å²) < 4.78 is 0. The van der Waals surface area contributed by atoms with Gasteiger partial charge in [-0.25, -0.2) is 0 Å². The van der Waals surface area contributed by atoms with Crippen LogP contribution in [0.4, 0.5) is 0 Å². The average molecular weight is 585 g/mol. The Bertz CT molecular complexity index is 1360. The van der Waals surface area contributed by atoms with Gasteiger partial charge in [-0.05, 0) is 69.2 Å². The highest BCUT2D eigenvalue weighted by Gasteiger charge is 2.96. The van der Waals surface area contributed by atoms with Crippen molar-refractivity contribution in [3.05, 3.63) is 22.3 Å². The Balaban J connectivity index is 0.000000194. The van der Waals surface area contributed by atoms with Crippen LogP contribution in [0.15, 0.2) is 22.3 Å². The predicted octanol–water partition coefficient (Wildman–Crippen LogP) is 1.45. The van der Waals surface area contributed by atoms with E-state index in [4.69, 9.17) is 0 Å². The average Bonchev–Trinajstić information content (AvgIpc) is 3.38. The summed E-state index contributed by atoms with van der Waals surface area (Å²) in [5.74, 6) is -2.05. The molecule has 5 aliphatic rings. The standard InChI is InChI=1S/C15H20N2O4.C8H11NO2.C7H9NO2/c1-7-17-10(20)14(4)12(2)8(18)16(6)9(19)13(12,3)15(14,5)11(17)21;1-4-9-7(10)5(2)6(3)8(9)11;1-4-5(2)7(10)8(3)6(4)9/h7H2,1-6H3;4H2,1-3H3;1-3H3. The Morgan fingerprint density at radius 2 is 0.690 bits per heavy atom. The smallest absolute Gasteiger partial charge is 0.256 e. The van der Waals surface area contributed by atoms with Crippen molar-refractivity contribution in [2.24, 2.45) is 21.7 Å². The fourth-order valence-electron chi connectivity index (χ4n) is 7.35. The van der Waals surface area contributed by atoms with Gasteiger partial charge in [0.05, 0.1) is 21.7 Å². The van der Waals surface area contributed by atoms with E-state index in [-0.39, 0.29) is 53.8 Å². The molecule has 12 nitrogen and oxygen atoms in total. The Morgan fingerprint density at radius 1 is 0.429 bits per heavy atom. The van der Waals surface area contributed by atoms with E-state index in [1.54, 1.807) is 69.2 Å². The topological polar surface area (TPSA) is 150 Å². The molecule has 0 aromatic rings. The zero-order valence-corrected chi connectivity index (χ0v) is 26.5. The Kier molecular flexibility index (Phi) is 7.60. The molecule has 4 unspecified atom stereocenters. The van der Waals surface area contributed by atoms with Gasteiger partial charge in [-0.1, -0.05) is 0 Å². The minimum Gasteiger partial charge on any atom is -0.285 e. The molecule has 0 spiro atoms. The van der Waals surface area contributed by atoms with Crippen molar-refractivity contribution in [2.75, 3.05) is 27.2 Å². The van der Waals surface area contributed by atoms with Gasteiger partial charge in [-0.3, -0.25) is 58.0 Å². The number of likely N-dealkylation sites (N-methyl/N-ethyl adjacent to an activating group) is 2. The first-order valence-corrected chi connectivity index (χ1v) is 13.9. The van der Waals surface area contributed by atoms with Crippen LogP contribution in [-0.2, 0) is 38.4 Å². The predicted molar refractivity (Wildman–Crippen MR) is 150 cm³/mol. The lowest BCUT2D eigenvalue weighted by Gasteiger charge is -2.67. The molecule has 5 rings (SSSR count). The summed E-state index contributed by atoms with van der Waals surface area (Å²) in [4.78, 5) is 99.9. The second-order valence-electron chi connectivity index (χ2n) is 12.0. The number of carbonyl (C=O) groups is 8. The molecule has 0 aromatic heterocycles. The number of amides is 8. The molecule has 8 amide bonds. The summed E-state index contributed by atoms with van der Waals surface area (Å²) in [5.41, 5.74) is -2.39. The van der Waals surface area contributed by atoms with Crippen molar-refractivity contribution in [1.29, 1.82) is 0 Å². The van der Waals surface area contributed by atoms with Gasteiger partial charge in [0.2, 0.25) is 23.6 Å². The molecule has 12 heteroatoms. The molecule has 4 aliphatic heterocycles. The number of nitrogens with zero attached hydrogens (tertiary/aromatic N) is 4. The monoisotopic (exact) mass is 584 g/mol. The van der Waals surface area contributed by atoms with Gasteiger partial charge in [0.1, 0.15) is 0 Å². The van der Waals surface area contributed by atoms with Crippen LogP contribution >= 0.6 is 0 Å². The first-order valence-electron chi connectivity index (χ1n) is 13.9. The summed E-state index contributed by atoms with van der Waals surface area (Å²) in [7, 11) is 2.92. The number of hydrogen-bond donors (Lipinski definition) is 0. The molecule has 42 heavy (non-hydrogen) atoms. The molecule has 0 N–H and O–H groups in total. The van der Waals surface area contributed by atoms with Crippen LogP contribution < -0.4 is 0 Å². The van der Waals surface area contributed by atoms with E-state index < -0.39 is 21.7 Å². The fraction of sp³-hybridized carbons (Fsp3) is 0.600. The van der Waals surface area contributed by atoms with Gasteiger partial charge in [-0.2, -0.15) is 0 Å². The van der Waals surface area contributed by atoms with E-state index >= 15 is 0 Å². The zero-order chi connectivity index (χ0) is 32.7. The molecule has 0 bridgehead atoms. The highest BCUT2D eigenvalue weighted by molar-refractivity contribution is 6.24. The third kappa shape index (κ3) is 3.29. The van der Waals surface area contributed by atoms with Crippen LogP contribution in [0.5, 0.6) is 0 Å². The molecule has 4 atom stereocenters. The number of fused-ring (bicyclic) bond motifs is 4. The number of carbonyl (C=O) groups excluding carboxylic acids is 8. The van der Waals surface area contributed by atoms with Crippen LogP contribution in [0.3, 0.4) is 0 Å². The second kappa shape index (κ2) is 9.81. The van der Waals surface area contributed by atoms with Gasteiger partial charge in [0.25, 0.3) is 23.6 Å². The van der Waals surface area contributed by atoms with Crippen LogP contribution in [0.2, 0.25) is 0 Å². The molecule has 3 fully saturated rings. The third-order valence-electron chi connectivity index (χ3n) is 11.0. The van der Waals surface area contributed by atoms with E-state index in [9.17, 15) is 38.4 Å². The maximum atomic E-state index is 12.8. The van der Waals surface area contributed by atoms with Crippen molar-refractivity contribution < 1.29 is 38.4 Å². The van der Waals surface area contributed by atoms with Gasteiger partial charge >= 0.3 is 0 Å². The van der Waals surface area contributed by atoms with E-state index in [2.05, 4.69) is 0 Å². The van der Waals surface area contributed by atoms with Gasteiger partial charge in [0.15, 0.2) is 0 Å². The van der Waals surface area contributed by atoms with E-state index in [0.717, 1.165) is 9.80 Å². The van der Waals surface area contributed by atoms with E-state index in [1.165, 1.54) is 23.9 Å². The lowest BCUT2D eigenvalue weighted by atomic mass is 9.27. The maximum absolute atomic E-state index is 12.8. The highest BCUT2D eigenvalue weighted by Crippen LogP contribution is 2.83. The lowest BCUT2D eigenvalue weighted by molar-refractivity contribution is -0.243. The molecule has 1 saturated carbocycles. The zero-order valence-electron chi connectivity index (χ0n) is 26.5. The van der Waals surface area contributed by atoms with Crippen LogP contribution in [0.1, 0.15) is 69.2 Å². The molecular formula is C30H40N4O8. The Labute approximate surface area is 245 Å². The van der Waals surface area contributed by atoms with Gasteiger partial charge in [0, 0.05) is 49.5 Å². The van der Waals surface area contributed by atoms with Crippen LogP contribution in [-0.4, -0.2) is 94.0 Å². The quantitative estimate of drug-likeness (QED) is 0.443. The number of hydrogen-bond acceptors (Lipinski definition) is 8. The van der Waals surface area contributed by atoms with Crippen molar-refractivity contribution in [1.82, 2.24) is 19.6 Å². The molecule has 0 radical (unpaired) electrons. The lowest BCUT2D eigenvalue weighted by Crippen LogP contribution is -2.77. The maximum Gasteiger partial charge on any atom is 0.256 e. The van der Waals surface area contributed by atoms with Crippen molar-refractivity contribution in [3.8, 4) is 0 Å². The molecule has 4 heterocycles. The summed E-state index contributed by atoms with van der Waals surface area (Å²) >= 11 is 0. The third-order valence-corrected chi connectivity index (χ3v) is 11.0. The summed E-state index contributed by atoms with van der Waals surface area (Å²) in [6.45, 7) is 17.6. The van der Waals surface area contributed by atoms with E-state index in [0.29, 0.717) is 28.8 Å². The molecule has 2 saturated heterocycles. The number of imide groups is 4. The largest absolute Gasteiger partial charge is 0.285 e. The first kappa shape index (κ1) is 32.6. The minimum absolute atomic E-state index is 0.144. The summed E-state index contributed by atoms with van der Waals surface area (Å²) in [5, 5.41) is 0. The summed E-state index contributed by atoms with van der Waals surface area (Å²) in [6.07, 6.45) is 0. The normalized spacial score (nSPS) is 33.8. The molecule has 228 valence electrons. The van der Waals surface area contributed by atoms with Crippen LogP contribution in [0, 0.1) is 21.7 Å². The Hall–Kier alpha value is -3.96.